The monoisotopic (exact) mass is 346 g/mol. The van der Waals surface area contributed by atoms with Gasteiger partial charge >= 0.3 is 0 Å². The average Bonchev–Trinajstić information content (AvgIpc) is 2.46. The number of benzene rings is 1. The molecular weight excluding hydrogens is 339 g/mol. The number of carbonyl (C=O) groups excluding carboxylic acids is 1. The first-order valence-electron chi connectivity index (χ1n) is 5.68. The van der Waals surface area contributed by atoms with Gasteiger partial charge in [-0.05, 0) is 17.7 Å². The molecule has 0 bridgehead atoms. The summed E-state index contributed by atoms with van der Waals surface area (Å²) in [6.45, 7) is 0.103. The van der Waals surface area contributed by atoms with Crippen molar-refractivity contribution in [3.8, 4) is 5.75 Å². The molecule has 0 aliphatic rings. The van der Waals surface area contributed by atoms with Crippen LogP contribution >= 0.6 is 34.8 Å². The lowest BCUT2D eigenvalue weighted by Gasteiger charge is -2.10. The number of hydrogen-bond acceptors (Lipinski definition) is 4. The Bertz CT molecular complexity index is 639. The molecule has 0 radical (unpaired) electrons. The van der Waals surface area contributed by atoms with Crippen LogP contribution in [0.2, 0.25) is 15.1 Å². The van der Waals surface area contributed by atoms with E-state index in [1.165, 1.54) is 6.07 Å². The lowest BCUT2D eigenvalue weighted by molar-refractivity contribution is 0.0231. The first kappa shape index (κ1) is 15.9. The van der Waals surface area contributed by atoms with Crippen LogP contribution in [0.25, 0.3) is 0 Å². The zero-order valence-electron chi connectivity index (χ0n) is 10.4. The van der Waals surface area contributed by atoms with Gasteiger partial charge in [-0.1, -0.05) is 40.9 Å². The Labute approximate surface area is 135 Å². The zero-order chi connectivity index (χ0) is 15.4. The molecule has 1 heterocycles. The Hall–Kier alpha value is -1.53. The van der Waals surface area contributed by atoms with Gasteiger partial charge in [-0.25, -0.2) is 5.48 Å². The van der Waals surface area contributed by atoms with Crippen molar-refractivity contribution in [2.75, 3.05) is 0 Å². The molecule has 2 rings (SSSR count). The smallest absolute Gasteiger partial charge is 0.280 e. The Morgan fingerprint density at radius 3 is 2.76 bits per heavy atom. The summed E-state index contributed by atoms with van der Waals surface area (Å²) in [5.41, 5.74) is 2.67. The van der Waals surface area contributed by atoms with Crippen molar-refractivity contribution >= 4 is 40.7 Å². The summed E-state index contributed by atoms with van der Waals surface area (Å²) in [7, 11) is 0. The highest BCUT2D eigenvalue weighted by molar-refractivity contribution is 6.45. The summed E-state index contributed by atoms with van der Waals surface area (Å²) >= 11 is 17.4. The number of aromatic nitrogens is 1. The van der Waals surface area contributed by atoms with Gasteiger partial charge in [-0.15, -0.1) is 0 Å². The van der Waals surface area contributed by atoms with E-state index in [1.807, 2.05) is 0 Å². The SMILES string of the molecule is O=C(NOCc1cccnc1)c1c(O)c(Cl)cc(Cl)c1Cl. The minimum Gasteiger partial charge on any atom is -0.505 e. The van der Waals surface area contributed by atoms with E-state index >= 15 is 0 Å². The molecule has 2 aromatic rings. The highest BCUT2D eigenvalue weighted by Crippen LogP contribution is 2.38. The Balaban J connectivity index is 2.07. The van der Waals surface area contributed by atoms with Gasteiger partial charge in [0.15, 0.2) is 0 Å². The van der Waals surface area contributed by atoms with E-state index in [-0.39, 0.29) is 27.2 Å². The molecule has 1 aromatic carbocycles. The van der Waals surface area contributed by atoms with Crippen LogP contribution in [0.1, 0.15) is 15.9 Å². The Kier molecular flexibility index (Phi) is 5.25. The lowest BCUT2D eigenvalue weighted by atomic mass is 10.2. The molecule has 5 nitrogen and oxygen atoms in total. The maximum absolute atomic E-state index is 12.0. The normalized spacial score (nSPS) is 10.4. The molecule has 0 unspecified atom stereocenters. The fraction of sp³-hybridized carbons (Fsp3) is 0.0769. The predicted molar refractivity (Wildman–Crippen MR) is 79.6 cm³/mol. The maximum Gasteiger partial charge on any atom is 0.280 e. The fourth-order valence-corrected chi connectivity index (χ4v) is 2.21. The molecule has 110 valence electrons. The van der Waals surface area contributed by atoms with E-state index in [2.05, 4.69) is 10.5 Å². The number of aromatic hydroxyl groups is 1. The third-order valence-corrected chi connectivity index (χ3v) is 3.57. The third kappa shape index (κ3) is 3.77. The average molecular weight is 348 g/mol. The number of phenols is 1. The number of nitrogens with zero attached hydrogens (tertiary/aromatic N) is 1. The van der Waals surface area contributed by atoms with E-state index in [4.69, 9.17) is 39.6 Å². The largest absolute Gasteiger partial charge is 0.505 e. The van der Waals surface area contributed by atoms with E-state index in [0.717, 1.165) is 5.56 Å². The molecule has 1 amide bonds. The number of pyridine rings is 1. The minimum atomic E-state index is -0.759. The summed E-state index contributed by atoms with van der Waals surface area (Å²) in [6.07, 6.45) is 3.21. The van der Waals surface area contributed by atoms with Crippen molar-refractivity contribution in [1.82, 2.24) is 10.5 Å². The number of carbonyl (C=O) groups is 1. The molecule has 2 N–H and O–H groups in total. The van der Waals surface area contributed by atoms with E-state index in [9.17, 15) is 9.90 Å². The molecule has 1 aromatic heterocycles. The Morgan fingerprint density at radius 1 is 1.33 bits per heavy atom. The predicted octanol–water partition coefficient (Wildman–Crippen LogP) is 3.61. The van der Waals surface area contributed by atoms with Gasteiger partial charge < -0.3 is 5.11 Å². The lowest BCUT2D eigenvalue weighted by Crippen LogP contribution is -2.24. The quantitative estimate of drug-likeness (QED) is 0.655. The minimum absolute atomic E-state index is 0.0527. The third-order valence-electron chi connectivity index (χ3n) is 2.50. The highest BCUT2D eigenvalue weighted by atomic mass is 35.5. The summed E-state index contributed by atoms with van der Waals surface area (Å²) < 4.78 is 0. The summed E-state index contributed by atoms with van der Waals surface area (Å²) in [6, 6.07) is 4.76. The van der Waals surface area contributed by atoms with Gasteiger partial charge in [0.25, 0.3) is 5.91 Å². The van der Waals surface area contributed by atoms with Crippen LogP contribution in [-0.4, -0.2) is 16.0 Å². The second-order valence-electron chi connectivity index (χ2n) is 3.96. The molecule has 0 spiro atoms. The first-order chi connectivity index (χ1) is 10.0. The zero-order valence-corrected chi connectivity index (χ0v) is 12.7. The van der Waals surface area contributed by atoms with E-state index < -0.39 is 11.7 Å². The van der Waals surface area contributed by atoms with Crippen molar-refractivity contribution in [2.45, 2.75) is 6.61 Å². The number of hydrogen-bond donors (Lipinski definition) is 2. The highest BCUT2D eigenvalue weighted by Gasteiger charge is 2.21. The number of rotatable bonds is 4. The molecule has 0 saturated heterocycles. The van der Waals surface area contributed by atoms with Crippen molar-refractivity contribution in [1.29, 1.82) is 0 Å². The molecule has 21 heavy (non-hydrogen) atoms. The van der Waals surface area contributed by atoms with Crippen LogP contribution in [0, 0.1) is 0 Å². The number of nitrogens with one attached hydrogen (secondary N) is 1. The van der Waals surface area contributed by atoms with Crippen LogP contribution in [0.4, 0.5) is 0 Å². The second-order valence-corrected chi connectivity index (χ2v) is 5.15. The van der Waals surface area contributed by atoms with Gasteiger partial charge in [0, 0.05) is 12.4 Å². The Morgan fingerprint density at radius 2 is 2.10 bits per heavy atom. The molecule has 0 saturated carbocycles. The van der Waals surface area contributed by atoms with Crippen LogP contribution in [0.15, 0.2) is 30.6 Å². The van der Waals surface area contributed by atoms with Gasteiger partial charge in [-0.2, -0.15) is 0 Å². The van der Waals surface area contributed by atoms with Crippen molar-refractivity contribution in [3.05, 3.63) is 56.8 Å². The van der Waals surface area contributed by atoms with Crippen molar-refractivity contribution < 1.29 is 14.7 Å². The van der Waals surface area contributed by atoms with Crippen molar-refractivity contribution in [2.24, 2.45) is 0 Å². The van der Waals surface area contributed by atoms with E-state index in [0.29, 0.717) is 0 Å². The number of phenolic OH excluding ortho intramolecular Hbond substituents is 1. The molecule has 0 atom stereocenters. The fourth-order valence-electron chi connectivity index (χ4n) is 1.51. The number of halogens is 3. The van der Waals surface area contributed by atoms with Crippen LogP contribution in [-0.2, 0) is 11.4 Å². The molecule has 0 aliphatic carbocycles. The van der Waals surface area contributed by atoms with Crippen molar-refractivity contribution in [3.63, 3.8) is 0 Å². The summed E-state index contributed by atoms with van der Waals surface area (Å²) in [5.74, 6) is -1.22. The van der Waals surface area contributed by atoms with Crippen LogP contribution < -0.4 is 5.48 Å². The maximum atomic E-state index is 12.0. The first-order valence-corrected chi connectivity index (χ1v) is 6.81. The molecule has 0 fully saturated rings. The topological polar surface area (TPSA) is 71.5 Å². The summed E-state index contributed by atoms with van der Waals surface area (Å²) in [5, 5.41) is 9.65. The van der Waals surface area contributed by atoms with Gasteiger partial charge in [0.2, 0.25) is 0 Å². The second kappa shape index (κ2) is 6.95. The van der Waals surface area contributed by atoms with E-state index in [1.54, 1.807) is 24.5 Å². The van der Waals surface area contributed by atoms with Gasteiger partial charge in [-0.3, -0.25) is 14.6 Å². The number of amides is 1. The molecule has 0 aliphatic heterocycles. The van der Waals surface area contributed by atoms with Crippen LogP contribution in [0.3, 0.4) is 0 Å². The standard InChI is InChI=1S/C13H9Cl3N2O3/c14-8-4-9(15)12(19)10(11(8)16)13(20)18-21-6-7-2-1-3-17-5-7/h1-5,19H,6H2,(H,18,20). The van der Waals surface area contributed by atoms with Gasteiger partial charge in [0.1, 0.15) is 17.9 Å². The molecule has 8 heteroatoms. The van der Waals surface area contributed by atoms with Gasteiger partial charge in [0.05, 0.1) is 15.1 Å². The summed E-state index contributed by atoms with van der Waals surface area (Å²) in [4.78, 5) is 20.9. The molecular formula is C13H9Cl3N2O3. The number of hydroxylamine groups is 1. The van der Waals surface area contributed by atoms with Crippen LogP contribution in [0.5, 0.6) is 5.75 Å².